The molecule has 2 aromatic carbocycles. The lowest BCUT2D eigenvalue weighted by atomic mass is 9.82. The van der Waals surface area contributed by atoms with E-state index in [-0.39, 0.29) is 23.4 Å². The van der Waals surface area contributed by atoms with Crippen molar-refractivity contribution in [1.29, 1.82) is 0 Å². The molecule has 0 unspecified atom stereocenters. The van der Waals surface area contributed by atoms with Crippen molar-refractivity contribution < 1.29 is 23.6 Å². The Labute approximate surface area is 212 Å². The number of alkyl halides is 1. The van der Waals surface area contributed by atoms with Crippen LogP contribution in [-0.4, -0.2) is 45.4 Å². The maximum Gasteiger partial charge on any atom is 0.273 e. The van der Waals surface area contributed by atoms with Crippen molar-refractivity contribution in [3.63, 3.8) is 0 Å². The largest absolute Gasteiger partial charge is 0.292 e. The maximum absolute atomic E-state index is 13.8. The Morgan fingerprint density at radius 2 is 1.63 bits per heavy atom. The summed E-state index contributed by atoms with van der Waals surface area (Å²) in [7, 11) is 0. The van der Waals surface area contributed by atoms with Gasteiger partial charge in [-0.1, -0.05) is 23.3 Å². The first kappa shape index (κ1) is 25.1. The number of allylic oxidation sites excluding steroid dienone is 2. The van der Waals surface area contributed by atoms with Gasteiger partial charge in [0, 0.05) is 22.0 Å². The summed E-state index contributed by atoms with van der Waals surface area (Å²) in [5.74, 6) is -4.09. The number of fused-ring (bicyclic) bond motifs is 1. The van der Waals surface area contributed by atoms with Gasteiger partial charge in [-0.05, 0) is 74.7 Å². The van der Waals surface area contributed by atoms with E-state index in [1.807, 2.05) is 13.0 Å². The van der Waals surface area contributed by atoms with Crippen LogP contribution < -0.4 is 0 Å². The van der Waals surface area contributed by atoms with Crippen LogP contribution in [0.25, 0.3) is 0 Å². The van der Waals surface area contributed by atoms with Crippen molar-refractivity contribution in [1.82, 2.24) is 10.0 Å². The average molecular weight is 517 g/mol. The van der Waals surface area contributed by atoms with E-state index in [1.54, 1.807) is 0 Å². The van der Waals surface area contributed by atoms with Gasteiger partial charge in [-0.25, -0.2) is 9.40 Å². The molecule has 0 bridgehead atoms. The molecule has 3 amide bonds. The number of halogens is 3. The Balaban J connectivity index is 1.80. The van der Waals surface area contributed by atoms with E-state index < -0.39 is 47.2 Å². The first-order valence-corrected chi connectivity index (χ1v) is 12.1. The summed E-state index contributed by atoms with van der Waals surface area (Å²) < 4.78 is 13.5. The predicted molar refractivity (Wildman–Crippen MR) is 129 cm³/mol. The van der Waals surface area contributed by atoms with Gasteiger partial charge in [0.25, 0.3) is 17.7 Å². The van der Waals surface area contributed by atoms with Crippen LogP contribution in [0.5, 0.6) is 0 Å². The number of rotatable bonds is 7. The van der Waals surface area contributed by atoms with Gasteiger partial charge in [-0.15, -0.1) is 11.6 Å². The SMILES string of the molecule is CC1=CC[C@@H]2C(=O)N(N(C(=O)c3ccc(Cl)cc3)[C@@H](CCCl)C(=O)c3ccc(F)cc3)C(=O)[C@@H]2C1. The molecule has 1 heterocycles. The lowest BCUT2D eigenvalue weighted by molar-refractivity contribution is -0.156. The topological polar surface area (TPSA) is 74.8 Å². The smallest absolute Gasteiger partial charge is 0.273 e. The van der Waals surface area contributed by atoms with Crippen LogP contribution in [0.3, 0.4) is 0 Å². The Morgan fingerprint density at radius 1 is 1.03 bits per heavy atom. The molecule has 0 spiro atoms. The third-order valence-electron chi connectivity index (χ3n) is 6.42. The van der Waals surface area contributed by atoms with E-state index in [0.717, 1.165) is 27.7 Å². The molecule has 0 N–H and O–H groups in total. The van der Waals surface area contributed by atoms with Crippen LogP contribution in [0.4, 0.5) is 4.39 Å². The number of hydrogen-bond acceptors (Lipinski definition) is 4. The number of imide groups is 1. The number of carbonyl (C=O) groups is 4. The number of carbonyl (C=O) groups excluding carboxylic acids is 4. The van der Waals surface area contributed by atoms with Crippen molar-refractivity contribution in [2.75, 3.05) is 5.88 Å². The van der Waals surface area contributed by atoms with Crippen LogP contribution in [-0.2, 0) is 9.59 Å². The summed E-state index contributed by atoms with van der Waals surface area (Å²) in [6, 6.07) is 9.52. The molecule has 9 heteroatoms. The van der Waals surface area contributed by atoms with Crippen molar-refractivity contribution in [2.24, 2.45) is 11.8 Å². The molecule has 2 aromatic rings. The summed E-state index contributed by atoms with van der Waals surface area (Å²) in [6.07, 6.45) is 2.68. The number of benzene rings is 2. The molecule has 182 valence electrons. The quantitative estimate of drug-likeness (QED) is 0.223. The van der Waals surface area contributed by atoms with Crippen molar-refractivity contribution in [3.8, 4) is 0 Å². The van der Waals surface area contributed by atoms with Gasteiger partial charge in [0.15, 0.2) is 5.78 Å². The molecule has 1 aliphatic heterocycles. The fourth-order valence-electron chi connectivity index (χ4n) is 4.60. The minimum atomic E-state index is -1.26. The number of amides is 3. The van der Waals surface area contributed by atoms with Gasteiger partial charge in [0.05, 0.1) is 11.8 Å². The summed E-state index contributed by atoms with van der Waals surface area (Å²) in [5.41, 5.74) is 1.26. The number of Topliss-reactive ketones (excluding diaryl/α,β-unsaturated/α-hetero) is 1. The van der Waals surface area contributed by atoms with E-state index >= 15 is 0 Å². The predicted octanol–water partition coefficient (Wildman–Crippen LogP) is 5.06. The highest BCUT2D eigenvalue weighted by molar-refractivity contribution is 6.30. The summed E-state index contributed by atoms with van der Waals surface area (Å²) in [4.78, 5) is 54.3. The second-order valence-electron chi connectivity index (χ2n) is 8.71. The van der Waals surface area contributed by atoms with Crippen LogP contribution in [0.1, 0.15) is 46.9 Å². The number of hydrogen-bond donors (Lipinski definition) is 0. The number of ketones is 1. The Hall–Kier alpha value is -3.03. The number of hydrazine groups is 1. The van der Waals surface area contributed by atoms with E-state index in [9.17, 15) is 23.6 Å². The summed E-state index contributed by atoms with van der Waals surface area (Å²) in [6.45, 7) is 1.89. The van der Waals surface area contributed by atoms with Crippen molar-refractivity contribution in [2.45, 2.75) is 32.2 Å². The zero-order valence-corrected chi connectivity index (χ0v) is 20.4. The average Bonchev–Trinajstić information content (AvgIpc) is 3.08. The van der Waals surface area contributed by atoms with E-state index in [4.69, 9.17) is 23.2 Å². The van der Waals surface area contributed by atoms with Gasteiger partial charge < -0.3 is 0 Å². The molecule has 4 rings (SSSR count). The Morgan fingerprint density at radius 3 is 2.26 bits per heavy atom. The lowest BCUT2D eigenvalue weighted by Gasteiger charge is -2.36. The Kier molecular flexibility index (Phi) is 7.38. The molecule has 0 aromatic heterocycles. The molecule has 0 radical (unpaired) electrons. The molecule has 6 nitrogen and oxygen atoms in total. The molecule has 2 aliphatic rings. The molecule has 3 atom stereocenters. The zero-order chi connectivity index (χ0) is 25.3. The first-order valence-electron chi connectivity index (χ1n) is 11.2. The lowest BCUT2D eigenvalue weighted by Crippen LogP contribution is -2.57. The zero-order valence-electron chi connectivity index (χ0n) is 18.9. The third kappa shape index (κ3) is 4.88. The molecular formula is C26H23Cl2FN2O4. The van der Waals surface area contributed by atoms with Crippen molar-refractivity contribution in [3.05, 3.63) is 82.1 Å². The highest BCUT2D eigenvalue weighted by atomic mass is 35.5. The summed E-state index contributed by atoms with van der Waals surface area (Å²) in [5, 5.41) is 2.17. The second kappa shape index (κ2) is 10.3. The Bertz CT molecular complexity index is 1200. The number of nitrogens with zero attached hydrogens (tertiary/aromatic N) is 2. The molecule has 1 saturated heterocycles. The standard InChI is InChI=1S/C26H23Cl2FN2O4/c1-15-2-11-20-21(14-15)26(35)31(25(20)34)30(24(33)17-3-7-18(28)8-4-17)22(12-13-27)23(32)16-5-9-19(29)10-6-16/h2-10,20-22H,11-14H2,1H3/t20-,21+,22-/m0/s1. The highest BCUT2D eigenvalue weighted by Crippen LogP contribution is 2.39. The van der Waals surface area contributed by atoms with Gasteiger partial charge in [-0.3, -0.25) is 19.2 Å². The van der Waals surface area contributed by atoms with Crippen LogP contribution in [0.2, 0.25) is 5.02 Å². The molecule has 35 heavy (non-hydrogen) atoms. The second-order valence-corrected chi connectivity index (χ2v) is 9.53. The molecule has 1 fully saturated rings. The van der Waals surface area contributed by atoms with Crippen LogP contribution in [0.15, 0.2) is 60.2 Å². The molecule has 0 saturated carbocycles. The monoisotopic (exact) mass is 516 g/mol. The first-order chi connectivity index (χ1) is 16.7. The fourth-order valence-corrected chi connectivity index (χ4v) is 4.94. The van der Waals surface area contributed by atoms with Gasteiger partial charge in [-0.2, -0.15) is 5.01 Å². The third-order valence-corrected chi connectivity index (χ3v) is 6.89. The van der Waals surface area contributed by atoms with Crippen molar-refractivity contribution >= 4 is 46.7 Å². The van der Waals surface area contributed by atoms with Crippen LogP contribution in [0, 0.1) is 17.7 Å². The summed E-state index contributed by atoms with van der Waals surface area (Å²) >= 11 is 12.0. The van der Waals surface area contributed by atoms with E-state index in [0.29, 0.717) is 17.9 Å². The normalized spacial score (nSPS) is 20.3. The molecular weight excluding hydrogens is 494 g/mol. The van der Waals surface area contributed by atoms with Gasteiger partial charge >= 0.3 is 0 Å². The van der Waals surface area contributed by atoms with Gasteiger partial charge in [0.2, 0.25) is 0 Å². The maximum atomic E-state index is 13.8. The highest BCUT2D eigenvalue weighted by Gasteiger charge is 2.53. The van der Waals surface area contributed by atoms with E-state index in [2.05, 4.69) is 0 Å². The fraction of sp³-hybridized carbons (Fsp3) is 0.308. The van der Waals surface area contributed by atoms with Gasteiger partial charge in [0.1, 0.15) is 11.9 Å². The minimum absolute atomic E-state index is 0.0221. The van der Waals surface area contributed by atoms with E-state index in [1.165, 1.54) is 36.4 Å². The molecule has 1 aliphatic carbocycles. The van der Waals surface area contributed by atoms with Crippen LogP contribution >= 0.6 is 23.2 Å². The minimum Gasteiger partial charge on any atom is -0.292 e.